The monoisotopic (exact) mass is 694 g/mol. The Morgan fingerprint density at radius 3 is 2.04 bits per heavy atom. The van der Waals surface area contributed by atoms with Crippen molar-refractivity contribution in [3.63, 3.8) is 0 Å². The molecule has 0 bridgehead atoms. The van der Waals surface area contributed by atoms with E-state index in [1.165, 1.54) is 0 Å². The number of benzene rings is 3. The van der Waals surface area contributed by atoms with Crippen LogP contribution in [0, 0.1) is 24.7 Å². The average molecular weight is 696 g/mol. The first-order chi connectivity index (χ1) is 22.2. The number of aryl methyl sites for hydroxylation is 2. The van der Waals surface area contributed by atoms with Crippen LogP contribution in [-0.2, 0) is 20.9 Å². The van der Waals surface area contributed by atoms with Crippen LogP contribution in [0.4, 0.5) is 5.69 Å². The van der Waals surface area contributed by atoms with E-state index in [0.29, 0.717) is 54.8 Å². The number of ketones is 2. The molecule has 1 aliphatic heterocycles. The molecule has 0 radical (unpaired) electrons. The molecule has 0 atom stereocenters. The van der Waals surface area contributed by atoms with E-state index in [-0.39, 0.29) is 34.9 Å². The highest BCUT2D eigenvalue weighted by molar-refractivity contribution is 9.10. The van der Waals surface area contributed by atoms with Gasteiger partial charge in [-0.3, -0.25) is 14.4 Å². The molecule has 244 valence electrons. The Balaban J connectivity index is 1.45. The van der Waals surface area contributed by atoms with E-state index in [9.17, 15) is 14.4 Å². The van der Waals surface area contributed by atoms with Gasteiger partial charge in [0.25, 0.3) is 5.91 Å². The van der Waals surface area contributed by atoms with Gasteiger partial charge >= 0.3 is 0 Å². The van der Waals surface area contributed by atoms with Crippen molar-refractivity contribution in [1.82, 2.24) is 4.90 Å². The maximum absolute atomic E-state index is 14.3. The first-order valence-corrected chi connectivity index (χ1v) is 17.1. The number of nitrogens with zero attached hydrogens (tertiary/aromatic N) is 1. The van der Waals surface area contributed by atoms with Gasteiger partial charge < -0.3 is 15.0 Å². The summed E-state index contributed by atoms with van der Waals surface area (Å²) in [6, 6.07) is 21.7. The van der Waals surface area contributed by atoms with Gasteiger partial charge in [0, 0.05) is 63.6 Å². The molecule has 1 heterocycles. The molecule has 0 unspecified atom stereocenters. The van der Waals surface area contributed by atoms with Crippen LogP contribution in [0.25, 0.3) is 0 Å². The summed E-state index contributed by atoms with van der Waals surface area (Å²) < 4.78 is 7.06. The van der Waals surface area contributed by atoms with Gasteiger partial charge in [-0.25, -0.2) is 0 Å². The Morgan fingerprint density at radius 1 is 0.830 bits per heavy atom. The number of amides is 1. The van der Waals surface area contributed by atoms with Gasteiger partial charge in [0.2, 0.25) is 0 Å². The number of carbonyl (C=O) groups excluding carboxylic acids is 3. The van der Waals surface area contributed by atoms with Crippen LogP contribution in [0.15, 0.2) is 93.7 Å². The van der Waals surface area contributed by atoms with E-state index < -0.39 is 5.92 Å². The minimum absolute atomic E-state index is 0.0573. The molecular formula is C40H43BrN2O4. The molecular weight excluding hydrogens is 652 g/mol. The fraction of sp³-hybridized carbons (Fsp3) is 0.375. The van der Waals surface area contributed by atoms with Crippen molar-refractivity contribution < 1.29 is 19.1 Å². The third kappa shape index (κ3) is 6.87. The highest BCUT2D eigenvalue weighted by Gasteiger charge is 2.49. The Morgan fingerprint density at radius 2 is 1.45 bits per heavy atom. The van der Waals surface area contributed by atoms with Crippen molar-refractivity contribution in [2.45, 2.75) is 79.7 Å². The van der Waals surface area contributed by atoms with Crippen molar-refractivity contribution in [2.75, 3.05) is 11.9 Å². The molecule has 0 spiro atoms. The summed E-state index contributed by atoms with van der Waals surface area (Å²) in [4.78, 5) is 44.0. The minimum Gasteiger partial charge on any atom is -0.483 e. The molecule has 3 aromatic rings. The fourth-order valence-corrected chi connectivity index (χ4v) is 7.73. The van der Waals surface area contributed by atoms with Gasteiger partial charge in [-0.15, -0.1) is 0 Å². The summed E-state index contributed by atoms with van der Waals surface area (Å²) in [6.07, 6.45) is 2.22. The van der Waals surface area contributed by atoms with E-state index >= 15 is 0 Å². The molecule has 6 nitrogen and oxygen atoms in total. The molecule has 7 heteroatoms. The number of allylic oxidation sites excluding steroid dienone is 4. The summed E-state index contributed by atoms with van der Waals surface area (Å²) in [5, 5.41) is 2.94. The molecule has 0 saturated carbocycles. The summed E-state index contributed by atoms with van der Waals surface area (Å²) in [5.74, 6) is -0.275. The van der Waals surface area contributed by atoms with Crippen LogP contribution in [0.3, 0.4) is 0 Å². The Hall–Kier alpha value is -3.97. The van der Waals surface area contributed by atoms with Crippen LogP contribution in [-0.4, -0.2) is 29.0 Å². The van der Waals surface area contributed by atoms with Crippen LogP contribution < -0.4 is 10.1 Å². The van der Waals surface area contributed by atoms with Crippen molar-refractivity contribution in [3.8, 4) is 5.75 Å². The Bertz CT molecular complexity index is 1780. The maximum atomic E-state index is 14.3. The van der Waals surface area contributed by atoms with Crippen molar-refractivity contribution in [3.05, 3.63) is 116 Å². The summed E-state index contributed by atoms with van der Waals surface area (Å²) >= 11 is 3.65. The van der Waals surface area contributed by atoms with E-state index in [4.69, 9.17) is 4.74 Å². The van der Waals surface area contributed by atoms with Crippen LogP contribution >= 0.6 is 15.9 Å². The van der Waals surface area contributed by atoms with Crippen LogP contribution in [0.5, 0.6) is 5.75 Å². The second-order valence-electron chi connectivity index (χ2n) is 14.9. The zero-order chi connectivity index (χ0) is 33.7. The lowest BCUT2D eigenvalue weighted by Gasteiger charge is -2.49. The topological polar surface area (TPSA) is 75.7 Å². The van der Waals surface area contributed by atoms with E-state index in [1.54, 1.807) is 0 Å². The van der Waals surface area contributed by atoms with Crippen molar-refractivity contribution in [1.29, 1.82) is 0 Å². The zero-order valence-electron chi connectivity index (χ0n) is 28.1. The molecule has 2 aliphatic carbocycles. The second kappa shape index (κ2) is 12.6. The number of hydrogen-bond donors (Lipinski definition) is 1. The van der Waals surface area contributed by atoms with Gasteiger partial charge in [0.05, 0.1) is 0 Å². The summed E-state index contributed by atoms with van der Waals surface area (Å²) in [6.45, 7) is 13.0. The maximum Gasteiger partial charge on any atom is 0.262 e. The standard InChI is InChI=1S/C40H43BrN2O4/c1-24-12-14-28(16-25(24)2)42-35(46)23-47-34-15-13-27(41)17-29(34)36-37-30(18-39(3,4)20-32(37)44)43(22-26-10-8-7-9-11-26)31-19-40(5,6)21-33(45)38(31)36/h7-17,36H,18-23H2,1-6H3,(H,42,46). The predicted molar refractivity (Wildman–Crippen MR) is 189 cm³/mol. The largest absolute Gasteiger partial charge is 0.483 e. The molecule has 0 fully saturated rings. The number of carbonyl (C=O) groups is 3. The molecule has 6 rings (SSSR count). The molecule has 1 amide bonds. The smallest absolute Gasteiger partial charge is 0.262 e. The highest BCUT2D eigenvalue weighted by atomic mass is 79.9. The SMILES string of the molecule is Cc1ccc(NC(=O)COc2ccc(Br)cc2C2C3=C(CC(C)(C)CC3=O)N(Cc3ccccc3)C3=C2C(=O)CC(C)(C)C3)cc1C. The number of anilines is 1. The lowest BCUT2D eigenvalue weighted by atomic mass is 9.63. The van der Waals surface area contributed by atoms with Gasteiger partial charge in [0.1, 0.15) is 5.75 Å². The third-order valence-corrected chi connectivity index (χ3v) is 10.1. The van der Waals surface area contributed by atoms with Gasteiger partial charge in [-0.2, -0.15) is 0 Å². The number of ether oxygens (including phenoxy) is 1. The third-order valence-electron chi connectivity index (χ3n) is 9.64. The van der Waals surface area contributed by atoms with Gasteiger partial charge in [-0.1, -0.05) is 80.0 Å². The molecule has 0 aromatic heterocycles. The first-order valence-electron chi connectivity index (χ1n) is 16.3. The number of halogens is 1. The lowest BCUT2D eigenvalue weighted by molar-refractivity contribution is -0.120. The predicted octanol–water partition coefficient (Wildman–Crippen LogP) is 8.97. The normalized spacial score (nSPS) is 19.0. The molecule has 3 aromatic carbocycles. The highest BCUT2D eigenvalue weighted by Crippen LogP contribution is 2.56. The van der Waals surface area contributed by atoms with Gasteiger partial charge in [-0.05, 0) is 84.5 Å². The van der Waals surface area contributed by atoms with E-state index in [0.717, 1.165) is 38.1 Å². The minimum atomic E-state index is -0.588. The number of nitrogens with one attached hydrogen (secondary N) is 1. The molecule has 1 N–H and O–H groups in total. The quantitative estimate of drug-likeness (QED) is 0.267. The second-order valence-corrected chi connectivity index (χ2v) is 15.8. The lowest BCUT2D eigenvalue weighted by Crippen LogP contribution is -2.44. The molecule has 3 aliphatic rings. The van der Waals surface area contributed by atoms with E-state index in [2.05, 4.69) is 66.0 Å². The molecule has 0 saturated heterocycles. The molecule has 47 heavy (non-hydrogen) atoms. The first kappa shape index (κ1) is 33.0. The average Bonchev–Trinajstić information content (AvgIpc) is 2.98. The van der Waals surface area contributed by atoms with Crippen LogP contribution in [0.1, 0.15) is 81.5 Å². The fourth-order valence-electron chi connectivity index (χ4n) is 7.35. The number of hydrogen-bond acceptors (Lipinski definition) is 5. The zero-order valence-corrected chi connectivity index (χ0v) is 29.7. The number of rotatable bonds is 7. The van der Waals surface area contributed by atoms with Gasteiger partial charge in [0.15, 0.2) is 18.2 Å². The van der Waals surface area contributed by atoms with Crippen LogP contribution in [0.2, 0.25) is 0 Å². The summed E-state index contributed by atoms with van der Waals surface area (Å²) in [7, 11) is 0. The number of Topliss-reactive ketones (excluding diaryl/α,β-unsaturated/α-hetero) is 2. The van der Waals surface area contributed by atoms with Crippen molar-refractivity contribution in [2.24, 2.45) is 10.8 Å². The Kier molecular flexibility index (Phi) is 8.81. The summed E-state index contributed by atoms with van der Waals surface area (Å²) in [5.41, 5.74) is 7.66. The van der Waals surface area contributed by atoms with Crippen molar-refractivity contribution >= 4 is 39.1 Å². The Labute approximate surface area is 286 Å². The van der Waals surface area contributed by atoms with E-state index in [1.807, 2.05) is 68.4 Å².